The molecule has 1 fully saturated rings. The Morgan fingerprint density at radius 2 is 1.94 bits per heavy atom. The summed E-state index contributed by atoms with van der Waals surface area (Å²) in [6.45, 7) is 0. The molecule has 1 saturated carbocycles. The van der Waals surface area contributed by atoms with Crippen molar-refractivity contribution in [2.24, 2.45) is 0 Å². The number of anilines is 1. The highest BCUT2D eigenvalue weighted by molar-refractivity contribution is 5.42. The summed E-state index contributed by atoms with van der Waals surface area (Å²) >= 11 is 0. The lowest BCUT2D eigenvalue weighted by atomic mass is 10.1. The smallest absolute Gasteiger partial charge is 0.165 e. The van der Waals surface area contributed by atoms with Gasteiger partial charge in [0.2, 0.25) is 0 Å². The van der Waals surface area contributed by atoms with Gasteiger partial charge in [-0.2, -0.15) is 0 Å². The molecule has 86 valence electrons. The minimum absolute atomic E-state index is 0.286. The van der Waals surface area contributed by atoms with E-state index in [0.717, 1.165) is 6.42 Å². The maximum absolute atomic E-state index is 13.4. The molecule has 2 atom stereocenters. The number of nitrogens with zero attached hydrogens (tertiary/aromatic N) is 1. The molecule has 2 aromatic rings. The molecule has 3 heteroatoms. The van der Waals surface area contributed by atoms with Gasteiger partial charge in [-0.05, 0) is 24.1 Å². The second-order valence-corrected chi connectivity index (χ2v) is 4.34. The molecule has 1 N–H and O–H groups in total. The lowest BCUT2D eigenvalue weighted by Crippen LogP contribution is -2.07. The van der Waals surface area contributed by atoms with Crippen molar-refractivity contribution in [1.29, 1.82) is 0 Å². The number of aromatic nitrogens is 1. The minimum atomic E-state index is -0.286. The van der Waals surface area contributed by atoms with Crippen LogP contribution in [-0.4, -0.2) is 11.0 Å². The van der Waals surface area contributed by atoms with Crippen LogP contribution in [0.1, 0.15) is 17.9 Å². The van der Waals surface area contributed by atoms with E-state index in [2.05, 4.69) is 22.4 Å². The number of rotatable bonds is 3. The Morgan fingerprint density at radius 1 is 1.12 bits per heavy atom. The number of benzene rings is 1. The van der Waals surface area contributed by atoms with Gasteiger partial charge in [-0.3, -0.25) is 0 Å². The standard InChI is InChI=1S/C14H13FN2/c15-12-7-4-8-16-14(12)17-13-9-11(13)10-5-2-1-3-6-10/h1-8,11,13H,9H2,(H,16,17). The fraction of sp³-hybridized carbons (Fsp3) is 0.214. The van der Waals surface area contributed by atoms with Gasteiger partial charge in [-0.15, -0.1) is 0 Å². The molecule has 0 bridgehead atoms. The van der Waals surface area contributed by atoms with Gasteiger partial charge in [-0.25, -0.2) is 9.37 Å². The predicted molar refractivity (Wildman–Crippen MR) is 65.4 cm³/mol. The van der Waals surface area contributed by atoms with Crippen molar-refractivity contribution >= 4 is 5.82 Å². The van der Waals surface area contributed by atoms with Crippen LogP contribution in [0.4, 0.5) is 10.2 Å². The van der Waals surface area contributed by atoms with Crippen LogP contribution < -0.4 is 5.32 Å². The largest absolute Gasteiger partial charge is 0.364 e. The summed E-state index contributed by atoms with van der Waals surface area (Å²) in [5.74, 6) is 0.555. The lowest BCUT2D eigenvalue weighted by molar-refractivity contribution is 0.624. The first-order valence-electron chi connectivity index (χ1n) is 5.76. The summed E-state index contributed by atoms with van der Waals surface area (Å²) in [6, 6.07) is 13.6. The second kappa shape index (κ2) is 4.17. The molecule has 0 saturated heterocycles. The number of halogens is 1. The normalized spacial score (nSPS) is 22.2. The molecule has 0 spiro atoms. The highest BCUT2D eigenvalue weighted by Gasteiger charge is 2.38. The maximum atomic E-state index is 13.4. The van der Waals surface area contributed by atoms with E-state index < -0.39 is 0 Å². The van der Waals surface area contributed by atoms with E-state index in [-0.39, 0.29) is 5.82 Å². The summed E-state index contributed by atoms with van der Waals surface area (Å²) in [6.07, 6.45) is 2.64. The van der Waals surface area contributed by atoms with Crippen LogP contribution in [0.2, 0.25) is 0 Å². The first kappa shape index (κ1) is 10.3. The van der Waals surface area contributed by atoms with Gasteiger partial charge in [-0.1, -0.05) is 30.3 Å². The van der Waals surface area contributed by atoms with E-state index in [9.17, 15) is 4.39 Å². The fourth-order valence-electron chi connectivity index (χ4n) is 2.09. The van der Waals surface area contributed by atoms with E-state index in [0.29, 0.717) is 17.8 Å². The van der Waals surface area contributed by atoms with Gasteiger partial charge in [0.15, 0.2) is 11.6 Å². The van der Waals surface area contributed by atoms with Gasteiger partial charge >= 0.3 is 0 Å². The number of hydrogen-bond donors (Lipinski definition) is 1. The van der Waals surface area contributed by atoms with Gasteiger partial charge in [0.25, 0.3) is 0 Å². The Kier molecular flexibility index (Phi) is 2.52. The van der Waals surface area contributed by atoms with Crippen molar-refractivity contribution in [3.8, 4) is 0 Å². The molecule has 1 aromatic carbocycles. The summed E-state index contributed by atoms with van der Waals surface area (Å²) < 4.78 is 13.4. The SMILES string of the molecule is Fc1cccnc1NC1CC1c1ccccc1. The van der Waals surface area contributed by atoms with Gasteiger partial charge < -0.3 is 5.32 Å². The molecule has 2 nitrogen and oxygen atoms in total. The highest BCUT2D eigenvalue weighted by atomic mass is 19.1. The van der Waals surface area contributed by atoms with Gasteiger partial charge in [0, 0.05) is 18.2 Å². The van der Waals surface area contributed by atoms with E-state index in [1.165, 1.54) is 11.6 Å². The third kappa shape index (κ3) is 2.13. The number of pyridine rings is 1. The second-order valence-electron chi connectivity index (χ2n) is 4.34. The van der Waals surface area contributed by atoms with Crippen LogP contribution in [0.5, 0.6) is 0 Å². The van der Waals surface area contributed by atoms with E-state index >= 15 is 0 Å². The van der Waals surface area contributed by atoms with Crippen LogP contribution in [0.3, 0.4) is 0 Å². The zero-order valence-electron chi connectivity index (χ0n) is 9.31. The molecular weight excluding hydrogens is 215 g/mol. The predicted octanol–water partition coefficient (Wildman–Crippen LogP) is 3.19. The summed E-state index contributed by atoms with van der Waals surface area (Å²) in [7, 11) is 0. The van der Waals surface area contributed by atoms with Gasteiger partial charge in [0.05, 0.1) is 0 Å². The van der Waals surface area contributed by atoms with Crippen LogP contribution in [0, 0.1) is 5.82 Å². The first-order valence-corrected chi connectivity index (χ1v) is 5.76. The fourth-order valence-corrected chi connectivity index (χ4v) is 2.09. The molecule has 1 aromatic heterocycles. The van der Waals surface area contributed by atoms with Crippen molar-refractivity contribution < 1.29 is 4.39 Å². The highest BCUT2D eigenvalue weighted by Crippen LogP contribution is 2.42. The van der Waals surface area contributed by atoms with E-state index in [4.69, 9.17) is 0 Å². The third-order valence-corrected chi connectivity index (χ3v) is 3.10. The molecule has 17 heavy (non-hydrogen) atoms. The summed E-state index contributed by atoms with van der Waals surface area (Å²) in [4.78, 5) is 4.00. The quantitative estimate of drug-likeness (QED) is 0.872. The van der Waals surface area contributed by atoms with E-state index in [1.54, 1.807) is 12.3 Å². The molecular formula is C14H13FN2. The topological polar surface area (TPSA) is 24.9 Å². The summed E-state index contributed by atoms with van der Waals surface area (Å²) in [5.41, 5.74) is 1.31. The maximum Gasteiger partial charge on any atom is 0.165 e. The average molecular weight is 228 g/mol. The zero-order valence-corrected chi connectivity index (χ0v) is 9.31. The minimum Gasteiger partial charge on any atom is -0.364 e. The van der Waals surface area contributed by atoms with Gasteiger partial charge in [0.1, 0.15) is 0 Å². The summed E-state index contributed by atoms with van der Waals surface area (Å²) in [5, 5.41) is 3.15. The Morgan fingerprint density at radius 3 is 2.71 bits per heavy atom. The Hall–Kier alpha value is -1.90. The molecule has 0 radical (unpaired) electrons. The molecule has 3 rings (SSSR count). The molecule has 2 unspecified atom stereocenters. The zero-order chi connectivity index (χ0) is 11.7. The molecule has 1 aliphatic carbocycles. The monoisotopic (exact) mass is 228 g/mol. The Bertz CT molecular complexity index is 513. The Labute approximate surface area is 99.5 Å². The average Bonchev–Trinajstić information content (AvgIpc) is 3.13. The Balaban J connectivity index is 1.69. The number of nitrogens with one attached hydrogen (secondary N) is 1. The molecule has 0 aliphatic heterocycles. The van der Waals surface area contributed by atoms with Crippen molar-refractivity contribution in [2.75, 3.05) is 5.32 Å². The third-order valence-electron chi connectivity index (χ3n) is 3.10. The number of hydrogen-bond acceptors (Lipinski definition) is 2. The van der Waals surface area contributed by atoms with Crippen LogP contribution in [0.15, 0.2) is 48.7 Å². The molecule has 1 heterocycles. The van der Waals surface area contributed by atoms with Crippen molar-refractivity contribution in [3.05, 3.63) is 60.0 Å². The van der Waals surface area contributed by atoms with Crippen molar-refractivity contribution in [2.45, 2.75) is 18.4 Å². The molecule has 0 amide bonds. The van der Waals surface area contributed by atoms with Crippen LogP contribution in [-0.2, 0) is 0 Å². The molecule has 1 aliphatic rings. The van der Waals surface area contributed by atoms with Crippen molar-refractivity contribution in [3.63, 3.8) is 0 Å². The lowest BCUT2D eigenvalue weighted by Gasteiger charge is -2.05. The van der Waals surface area contributed by atoms with Crippen molar-refractivity contribution in [1.82, 2.24) is 4.98 Å². The van der Waals surface area contributed by atoms with Crippen LogP contribution in [0.25, 0.3) is 0 Å². The first-order chi connectivity index (χ1) is 8.34. The van der Waals surface area contributed by atoms with E-state index in [1.807, 2.05) is 18.2 Å². The van der Waals surface area contributed by atoms with Crippen LogP contribution >= 0.6 is 0 Å².